The van der Waals surface area contributed by atoms with Crippen LogP contribution in [0.1, 0.15) is 30.0 Å². The van der Waals surface area contributed by atoms with Gasteiger partial charge in [0, 0.05) is 29.2 Å². The van der Waals surface area contributed by atoms with Gasteiger partial charge in [0.2, 0.25) is 11.8 Å². The maximum atomic E-state index is 13.1. The number of amides is 2. The highest BCUT2D eigenvalue weighted by atomic mass is 35.5. The number of likely N-dealkylation sites (N-methyl/N-ethyl adjacent to an activating group) is 1. The first-order valence-electron chi connectivity index (χ1n) is 8.86. The van der Waals surface area contributed by atoms with Gasteiger partial charge in [0.15, 0.2) is 0 Å². The van der Waals surface area contributed by atoms with Crippen LogP contribution in [0.15, 0.2) is 42.5 Å². The summed E-state index contributed by atoms with van der Waals surface area (Å²) in [5, 5.41) is 3.59. The fourth-order valence-electron chi connectivity index (χ4n) is 3.04. The zero-order valence-electron chi connectivity index (χ0n) is 15.8. The third-order valence-electron chi connectivity index (χ3n) is 4.46. The molecule has 0 saturated heterocycles. The summed E-state index contributed by atoms with van der Waals surface area (Å²) in [6.07, 6.45) is 0.693. The molecule has 2 aromatic carbocycles. The predicted molar refractivity (Wildman–Crippen MR) is 110 cm³/mol. The summed E-state index contributed by atoms with van der Waals surface area (Å²) >= 11 is 12.6. The molecule has 2 amide bonds. The molecular weight excluding hydrogens is 383 g/mol. The molecule has 0 spiro atoms. The number of benzene rings is 2. The van der Waals surface area contributed by atoms with Crippen LogP contribution in [0.25, 0.3) is 0 Å². The van der Waals surface area contributed by atoms with Crippen LogP contribution in [-0.4, -0.2) is 29.8 Å². The minimum atomic E-state index is -0.598. The van der Waals surface area contributed by atoms with E-state index in [-0.39, 0.29) is 24.8 Å². The monoisotopic (exact) mass is 406 g/mol. The van der Waals surface area contributed by atoms with Crippen molar-refractivity contribution in [1.29, 1.82) is 0 Å². The summed E-state index contributed by atoms with van der Waals surface area (Å²) in [7, 11) is 1.57. The third-order valence-corrected chi connectivity index (χ3v) is 5.17. The van der Waals surface area contributed by atoms with Gasteiger partial charge in [-0.05, 0) is 31.0 Å². The molecule has 0 unspecified atom stereocenters. The van der Waals surface area contributed by atoms with E-state index in [4.69, 9.17) is 23.2 Å². The van der Waals surface area contributed by atoms with Crippen LogP contribution in [0.5, 0.6) is 0 Å². The Hall–Kier alpha value is -2.04. The van der Waals surface area contributed by atoms with E-state index in [1.807, 2.05) is 38.1 Å². The van der Waals surface area contributed by atoms with Crippen LogP contribution in [0.3, 0.4) is 0 Å². The van der Waals surface area contributed by atoms with Crippen LogP contribution in [0.4, 0.5) is 0 Å². The summed E-state index contributed by atoms with van der Waals surface area (Å²) in [6, 6.07) is 12.4. The maximum absolute atomic E-state index is 13.1. The van der Waals surface area contributed by atoms with Gasteiger partial charge in [0.1, 0.15) is 6.04 Å². The Labute approximate surface area is 170 Å². The van der Waals surface area contributed by atoms with Crippen LogP contribution >= 0.6 is 23.2 Å². The van der Waals surface area contributed by atoms with Gasteiger partial charge in [-0.25, -0.2) is 0 Å². The van der Waals surface area contributed by atoms with E-state index in [0.717, 1.165) is 11.1 Å². The molecule has 0 radical (unpaired) electrons. The van der Waals surface area contributed by atoms with Crippen molar-refractivity contribution in [2.24, 2.45) is 0 Å². The van der Waals surface area contributed by atoms with Crippen molar-refractivity contribution in [2.45, 2.75) is 39.3 Å². The van der Waals surface area contributed by atoms with Crippen LogP contribution in [-0.2, 0) is 22.6 Å². The highest BCUT2D eigenvalue weighted by Crippen LogP contribution is 2.27. The molecule has 0 aliphatic rings. The van der Waals surface area contributed by atoms with Gasteiger partial charge < -0.3 is 10.2 Å². The van der Waals surface area contributed by atoms with Gasteiger partial charge in [-0.2, -0.15) is 0 Å². The summed E-state index contributed by atoms with van der Waals surface area (Å²) in [5.74, 6) is -0.356. The Morgan fingerprint density at radius 1 is 1.11 bits per heavy atom. The second-order valence-corrected chi connectivity index (χ2v) is 7.24. The number of hydrogen-bond acceptors (Lipinski definition) is 2. The molecule has 144 valence electrons. The minimum absolute atomic E-state index is 0.146. The molecule has 0 bridgehead atoms. The fourth-order valence-corrected chi connectivity index (χ4v) is 3.56. The van der Waals surface area contributed by atoms with Gasteiger partial charge in [-0.1, -0.05) is 66.0 Å². The lowest BCUT2D eigenvalue weighted by Crippen LogP contribution is -2.48. The maximum Gasteiger partial charge on any atom is 0.242 e. The highest BCUT2D eigenvalue weighted by Gasteiger charge is 2.29. The van der Waals surface area contributed by atoms with Crippen LogP contribution in [0.2, 0.25) is 10.0 Å². The molecule has 6 heteroatoms. The molecule has 0 aliphatic carbocycles. The summed E-state index contributed by atoms with van der Waals surface area (Å²) in [5.41, 5.74) is 2.63. The Morgan fingerprint density at radius 3 is 2.30 bits per heavy atom. The predicted octanol–water partition coefficient (Wildman–Crippen LogP) is 4.40. The molecule has 2 aromatic rings. The Morgan fingerprint density at radius 2 is 1.74 bits per heavy atom. The number of rotatable bonds is 7. The average Bonchev–Trinajstić information content (AvgIpc) is 2.63. The first-order chi connectivity index (χ1) is 12.9. The molecular formula is C21H24Cl2N2O2. The highest BCUT2D eigenvalue weighted by molar-refractivity contribution is 6.36. The molecule has 1 atom stereocenters. The number of nitrogens with one attached hydrogen (secondary N) is 1. The smallest absolute Gasteiger partial charge is 0.242 e. The molecule has 2 rings (SSSR count). The zero-order chi connectivity index (χ0) is 20.0. The lowest BCUT2D eigenvalue weighted by Gasteiger charge is -2.31. The van der Waals surface area contributed by atoms with Crippen molar-refractivity contribution in [3.05, 3.63) is 69.2 Å². The molecule has 1 N–H and O–H groups in total. The van der Waals surface area contributed by atoms with Crippen molar-refractivity contribution in [1.82, 2.24) is 10.2 Å². The topological polar surface area (TPSA) is 49.4 Å². The molecule has 0 aromatic heterocycles. The van der Waals surface area contributed by atoms with Gasteiger partial charge >= 0.3 is 0 Å². The Kier molecular flexibility index (Phi) is 7.69. The summed E-state index contributed by atoms with van der Waals surface area (Å²) < 4.78 is 0. The fraction of sp³-hybridized carbons (Fsp3) is 0.333. The van der Waals surface area contributed by atoms with Crippen molar-refractivity contribution in [3.63, 3.8) is 0 Å². The second kappa shape index (κ2) is 9.77. The molecule has 4 nitrogen and oxygen atoms in total. The average molecular weight is 407 g/mol. The SMILES string of the molecule is CC[C@H](C(=O)NC)N(Cc1c(Cl)cccc1Cl)C(=O)Cc1cccc(C)c1. The minimum Gasteiger partial charge on any atom is -0.357 e. The van der Waals surface area contributed by atoms with E-state index in [1.165, 1.54) is 0 Å². The molecule has 0 fully saturated rings. The standard InChI is InChI=1S/C21H24Cl2N2O2/c1-4-19(21(27)24-3)25(13-16-17(22)9-6-10-18(16)23)20(26)12-15-8-5-7-14(2)11-15/h5-11,19H,4,12-13H2,1-3H3,(H,24,27)/t19-/m1/s1. The molecule has 27 heavy (non-hydrogen) atoms. The zero-order valence-corrected chi connectivity index (χ0v) is 17.3. The number of carbonyl (C=O) groups is 2. The Bertz CT molecular complexity index is 803. The van der Waals surface area contributed by atoms with Gasteiger partial charge in [0.05, 0.1) is 6.42 Å². The summed E-state index contributed by atoms with van der Waals surface area (Å²) in [6.45, 7) is 4.03. The van der Waals surface area contributed by atoms with Gasteiger partial charge in [0.25, 0.3) is 0 Å². The Balaban J connectivity index is 2.36. The van der Waals surface area contributed by atoms with E-state index in [1.54, 1.807) is 30.1 Å². The third kappa shape index (κ3) is 5.47. The van der Waals surface area contributed by atoms with Crippen LogP contribution in [0, 0.1) is 6.92 Å². The normalized spacial score (nSPS) is 11.7. The number of aryl methyl sites for hydroxylation is 1. The number of carbonyl (C=O) groups excluding carboxylic acids is 2. The number of halogens is 2. The summed E-state index contributed by atoms with van der Waals surface area (Å²) in [4.78, 5) is 27.1. The van der Waals surface area contributed by atoms with E-state index < -0.39 is 6.04 Å². The van der Waals surface area contributed by atoms with E-state index in [2.05, 4.69) is 5.32 Å². The van der Waals surface area contributed by atoms with Crippen molar-refractivity contribution >= 4 is 35.0 Å². The molecule has 0 saturated carbocycles. The first-order valence-corrected chi connectivity index (χ1v) is 9.62. The van der Waals surface area contributed by atoms with E-state index in [9.17, 15) is 9.59 Å². The lowest BCUT2D eigenvalue weighted by molar-refractivity contribution is -0.140. The molecule has 0 aliphatic heterocycles. The second-order valence-electron chi connectivity index (χ2n) is 6.43. The number of nitrogens with zero attached hydrogens (tertiary/aromatic N) is 1. The van der Waals surface area contributed by atoms with Crippen LogP contribution < -0.4 is 5.32 Å². The van der Waals surface area contributed by atoms with Crippen molar-refractivity contribution in [2.75, 3.05) is 7.05 Å². The first kappa shape index (κ1) is 21.3. The van der Waals surface area contributed by atoms with E-state index >= 15 is 0 Å². The van der Waals surface area contributed by atoms with Gasteiger partial charge in [-0.3, -0.25) is 9.59 Å². The number of hydrogen-bond donors (Lipinski definition) is 1. The quantitative estimate of drug-likeness (QED) is 0.740. The largest absolute Gasteiger partial charge is 0.357 e. The van der Waals surface area contributed by atoms with E-state index in [0.29, 0.717) is 22.0 Å². The van der Waals surface area contributed by atoms with Crippen molar-refractivity contribution in [3.8, 4) is 0 Å². The van der Waals surface area contributed by atoms with Crippen molar-refractivity contribution < 1.29 is 9.59 Å². The van der Waals surface area contributed by atoms with Gasteiger partial charge in [-0.15, -0.1) is 0 Å². The molecule has 0 heterocycles. The lowest BCUT2D eigenvalue weighted by atomic mass is 10.1.